The predicted molar refractivity (Wildman–Crippen MR) is 109 cm³/mol. The average molecular weight is 371 g/mol. The molecule has 1 fully saturated rings. The summed E-state index contributed by atoms with van der Waals surface area (Å²) in [4.78, 5) is 14.5. The molecule has 0 saturated carbocycles. The van der Waals surface area contributed by atoms with E-state index < -0.39 is 0 Å². The van der Waals surface area contributed by atoms with Gasteiger partial charge in [0.15, 0.2) is 0 Å². The van der Waals surface area contributed by atoms with Crippen molar-refractivity contribution in [2.24, 2.45) is 0 Å². The number of carbonyl (C=O) groups is 1. The highest BCUT2D eigenvalue weighted by atomic mass is 32.2. The Kier molecular flexibility index (Phi) is 6.45. The SMILES string of the molecule is CCOc1ccc(NC(=O)N2CCS[C@@H](c3ccccc3C)CC2)cc1. The number of aryl methyl sites for hydroxylation is 1. The summed E-state index contributed by atoms with van der Waals surface area (Å²) >= 11 is 1.95. The van der Waals surface area contributed by atoms with Crippen molar-refractivity contribution in [3.8, 4) is 5.75 Å². The summed E-state index contributed by atoms with van der Waals surface area (Å²) in [5.41, 5.74) is 3.52. The Morgan fingerprint density at radius 1 is 1.19 bits per heavy atom. The first kappa shape index (κ1) is 18.6. The minimum absolute atomic E-state index is 0.0276. The first-order chi connectivity index (χ1) is 12.7. The summed E-state index contributed by atoms with van der Waals surface area (Å²) in [6, 6.07) is 16.1. The lowest BCUT2D eigenvalue weighted by Crippen LogP contribution is -2.36. The summed E-state index contributed by atoms with van der Waals surface area (Å²) in [6.45, 7) is 6.30. The lowest BCUT2D eigenvalue weighted by molar-refractivity contribution is 0.215. The molecular weight excluding hydrogens is 344 g/mol. The van der Waals surface area contributed by atoms with E-state index in [0.29, 0.717) is 11.9 Å². The molecule has 0 aromatic heterocycles. The number of nitrogens with one attached hydrogen (secondary N) is 1. The minimum Gasteiger partial charge on any atom is -0.494 e. The van der Waals surface area contributed by atoms with Gasteiger partial charge in [-0.25, -0.2) is 4.79 Å². The van der Waals surface area contributed by atoms with Crippen molar-refractivity contribution in [3.05, 3.63) is 59.7 Å². The Labute approximate surface area is 159 Å². The Morgan fingerprint density at radius 3 is 2.69 bits per heavy atom. The van der Waals surface area contributed by atoms with Crippen LogP contribution in [0.15, 0.2) is 48.5 Å². The molecule has 3 rings (SSSR count). The Bertz CT molecular complexity index is 733. The van der Waals surface area contributed by atoms with E-state index in [1.807, 2.05) is 47.9 Å². The van der Waals surface area contributed by atoms with Crippen LogP contribution >= 0.6 is 11.8 Å². The third-order valence-electron chi connectivity index (χ3n) is 4.58. The van der Waals surface area contributed by atoms with E-state index in [1.54, 1.807) is 0 Å². The maximum Gasteiger partial charge on any atom is 0.321 e. The van der Waals surface area contributed by atoms with Crippen LogP contribution in [0, 0.1) is 6.92 Å². The van der Waals surface area contributed by atoms with Crippen molar-refractivity contribution in [1.82, 2.24) is 4.90 Å². The van der Waals surface area contributed by atoms with Crippen molar-refractivity contribution in [2.45, 2.75) is 25.5 Å². The number of ether oxygens (including phenoxy) is 1. The molecular formula is C21H26N2O2S. The van der Waals surface area contributed by atoms with Crippen molar-refractivity contribution in [3.63, 3.8) is 0 Å². The molecule has 0 unspecified atom stereocenters. The Morgan fingerprint density at radius 2 is 1.96 bits per heavy atom. The van der Waals surface area contributed by atoms with E-state index in [-0.39, 0.29) is 6.03 Å². The van der Waals surface area contributed by atoms with Gasteiger partial charge in [0, 0.05) is 29.8 Å². The van der Waals surface area contributed by atoms with Crippen molar-refractivity contribution >= 4 is 23.5 Å². The molecule has 5 heteroatoms. The van der Waals surface area contributed by atoms with Gasteiger partial charge < -0.3 is 15.0 Å². The van der Waals surface area contributed by atoms with Crippen molar-refractivity contribution in [2.75, 3.05) is 30.8 Å². The van der Waals surface area contributed by atoms with Crippen LogP contribution in [-0.4, -0.2) is 36.4 Å². The smallest absolute Gasteiger partial charge is 0.321 e. The lowest BCUT2D eigenvalue weighted by atomic mass is 10.0. The molecule has 2 aromatic carbocycles. The normalized spacial score (nSPS) is 17.5. The molecule has 1 aliphatic rings. The monoisotopic (exact) mass is 370 g/mol. The van der Waals surface area contributed by atoms with Gasteiger partial charge in [-0.05, 0) is 55.7 Å². The van der Waals surface area contributed by atoms with E-state index in [2.05, 4.69) is 36.5 Å². The van der Waals surface area contributed by atoms with Gasteiger partial charge in [0.1, 0.15) is 5.75 Å². The van der Waals surface area contributed by atoms with E-state index in [4.69, 9.17) is 4.74 Å². The fourth-order valence-corrected chi connectivity index (χ4v) is 4.50. The molecule has 0 radical (unpaired) electrons. The average Bonchev–Trinajstić information content (AvgIpc) is 2.90. The maximum atomic E-state index is 12.6. The molecule has 138 valence electrons. The fraction of sp³-hybridized carbons (Fsp3) is 0.381. The van der Waals surface area contributed by atoms with Gasteiger partial charge in [-0.2, -0.15) is 11.8 Å². The van der Waals surface area contributed by atoms with Gasteiger partial charge in [0.25, 0.3) is 0 Å². The first-order valence-electron chi connectivity index (χ1n) is 9.13. The number of anilines is 1. The van der Waals surface area contributed by atoms with Crippen LogP contribution in [0.25, 0.3) is 0 Å². The zero-order valence-electron chi connectivity index (χ0n) is 15.4. The van der Waals surface area contributed by atoms with Gasteiger partial charge in [-0.15, -0.1) is 0 Å². The first-order valence-corrected chi connectivity index (χ1v) is 10.2. The number of hydrogen-bond acceptors (Lipinski definition) is 3. The summed E-state index contributed by atoms with van der Waals surface area (Å²) in [5.74, 6) is 1.77. The van der Waals surface area contributed by atoms with Crippen molar-refractivity contribution in [1.29, 1.82) is 0 Å². The topological polar surface area (TPSA) is 41.6 Å². The Balaban J connectivity index is 1.58. The highest BCUT2D eigenvalue weighted by molar-refractivity contribution is 7.99. The zero-order valence-corrected chi connectivity index (χ0v) is 16.2. The summed E-state index contributed by atoms with van der Waals surface area (Å²) < 4.78 is 5.44. The molecule has 1 saturated heterocycles. The van der Waals surface area contributed by atoms with Crippen LogP contribution in [0.3, 0.4) is 0 Å². The number of carbonyl (C=O) groups excluding carboxylic acids is 1. The largest absolute Gasteiger partial charge is 0.494 e. The van der Waals surface area contributed by atoms with Crippen LogP contribution in [0.4, 0.5) is 10.5 Å². The predicted octanol–water partition coefficient (Wildman–Crippen LogP) is 5.11. The molecule has 0 aliphatic carbocycles. The number of thioether (sulfide) groups is 1. The van der Waals surface area contributed by atoms with E-state index in [9.17, 15) is 4.79 Å². The molecule has 2 aromatic rings. The minimum atomic E-state index is -0.0276. The van der Waals surface area contributed by atoms with Crippen molar-refractivity contribution < 1.29 is 9.53 Å². The molecule has 1 heterocycles. The molecule has 1 N–H and O–H groups in total. The highest BCUT2D eigenvalue weighted by Crippen LogP contribution is 2.36. The van der Waals surface area contributed by atoms with E-state index in [0.717, 1.165) is 36.7 Å². The van der Waals surface area contributed by atoms with Gasteiger partial charge >= 0.3 is 6.03 Å². The summed E-state index contributed by atoms with van der Waals surface area (Å²) in [5, 5.41) is 3.45. The third kappa shape index (κ3) is 4.73. The number of hydrogen-bond donors (Lipinski definition) is 1. The van der Waals surface area contributed by atoms with Crippen LogP contribution < -0.4 is 10.1 Å². The maximum absolute atomic E-state index is 12.6. The van der Waals surface area contributed by atoms with E-state index >= 15 is 0 Å². The number of benzene rings is 2. The molecule has 0 spiro atoms. The zero-order chi connectivity index (χ0) is 18.4. The van der Waals surface area contributed by atoms with Gasteiger partial charge in [-0.3, -0.25) is 0 Å². The Hall–Kier alpha value is -2.14. The molecule has 1 aliphatic heterocycles. The molecule has 26 heavy (non-hydrogen) atoms. The molecule has 0 bridgehead atoms. The number of rotatable bonds is 4. The summed E-state index contributed by atoms with van der Waals surface area (Å²) in [6.07, 6.45) is 0.978. The number of urea groups is 1. The highest BCUT2D eigenvalue weighted by Gasteiger charge is 2.22. The number of nitrogens with zero attached hydrogens (tertiary/aromatic N) is 1. The van der Waals surface area contributed by atoms with Gasteiger partial charge in [-0.1, -0.05) is 24.3 Å². The molecule has 4 nitrogen and oxygen atoms in total. The quantitative estimate of drug-likeness (QED) is 0.813. The second-order valence-electron chi connectivity index (χ2n) is 6.38. The number of amides is 2. The van der Waals surface area contributed by atoms with Crippen LogP contribution in [0.2, 0.25) is 0 Å². The second kappa shape index (κ2) is 8.99. The van der Waals surface area contributed by atoms with Gasteiger partial charge in [0.2, 0.25) is 0 Å². The standard InChI is InChI=1S/C21H26N2O2S/c1-3-25-18-10-8-17(9-11-18)22-21(24)23-13-12-20(26-15-14-23)19-7-5-4-6-16(19)2/h4-11,20H,3,12-15H2,1-2H3,(H,22,24)/t20-/m1/s1. The third-order valence-corrected chi connectivity index (χ3v) is 5.89. The fourth-order valence-electron chi connectivity index (χ4n) is 3.17. The summed E-state index contributed by atoms with van der Waals surface area (Å²) in [7, 11) is 0. The van der Waals surface area contributed by atoms with Crippen LogP contribution in [0.5, 0.6) is 5.75 Å². The van der Waals surface area contributed by atoms with E-state index in [1.165, 1.54) is 11.1 Å². The van der Waals surface area contributed by atoms with Crippen LogP contribution in [-0.2, 0) is 0 Å². The molecule has 2 amide bonds. The lowest BCUT2D eigenvalue weighted by Gasteiger charge is -2.21. The molecule has 1 atom stereocenters. The van der Waals surface area contributed by atoms with Crippen LogP contribution in [0.1, 0.15) is 29.7 Å². The van der Waals surface area contributed by atoms with Gasteiger partial charge in [0.05, 0.1) is 6.61 Å². The second-order valence-corrected chi connectivity index (χ2v) is 7.69.